The van der Waals surface area contributed by atoms with Crippen molar-refractivity contribution in [2.24, 2.45) is 7.05 Å². The van der Waals surface area contributed by atoms with Gasteiger partial charge in [0.1, 0.15) is 11.6 Å². The van der Waals surface area contributed by atoms with Gasteiger partial charge < -0.3 is 9.88 Å². The summed E-state index contributed by atoms with van der Waals surface area (Å²) in [6, 6.07) is 9.87. The van der Waals surface area contributed by atoms with Crippen LogP contribution in [0.3, 0.4) is 0 Å². The second kappa shape index (κ2) is 5.62. The van der Waals surface area contributed by atoms with Gasteiger partial charge in [-0.1, -0.05) is 18.2 Å². The molecule has 1 heterocycles. The lowest BCUT2D eigenvalue weighted by molar-refractivity contribution is -0.117. The third kappa shape index (κ3) is 2.72. The number of amides is 1. The SMILES string of the molecule is CC(C)NC(=O)/C(C#N)=C\c1cn(C)c2ccccc12. The monoisotopic (exact) mass is 267 g/mol. The normalized spacial score (nSPS) is 11.7. The second-order valence-corrected chi connectivity index (χ2v) is 5.01. The van der Waals surface area contributed by atoms with E-state index in [0.717, 1.165) is 16.5 Å². The number of nitrogens with zero attached hydrogens (tertiary/aromatic N) is 2. The molecule has 0 aliphatic carbocycles. The maximum Gasteiger partial charge on any atom is 0.262 e. The lowest BCUT2D eigenvalue weighted by Gasteiger charge is -2.06. The van der Waals surface area contributed by atoms with E-state index >= 15 is 0 Å². The smallest absolute Gasteiger partial charge is 0.262 e. The minimum atomic E-state index is -0.338. The zero-order valence-electron chi connectivity index (χ0n) is 11.8. The van der Waals surface area contributed by atoms with Crippen molar-refractivity contribution in [1.82, 2.24) is 9.88 Å². The number of nitrogens with one attached hydrogen (secondary N) is 1. The summed E-state index contributed by atoms with van der Waals surface area (Å²) < 4.78 is 1.98. The third-order valence-electron chi connectivity index (χ3n) is 3.01. The molecule has 4 nitrogen and oxygen atoms in total. The molecule has 0 bridgehead atoms. The molecule has 0 fully saturated rings. The predicted octanol–water partition coefficient (Wildman–Crippen LogP) is 2.61. The Balaban J connectivity index is 2.46. The fourth-order valence-corrected chi connectivity index (χ4v) is 2.13. The number of nitriles is 1. The molecule has 0 aliphatic heterocycles. The van der Waals surface area contributed by atoms with Crippen molar-refractivity contribution < 1.29 is 4.79 Å². The van der Waals surface area contributed by atoms with E-state index in [-0.39, 0.29) is 17.5 Å². The predicted molar refractivity (Wildman–Crippen MR) is 79.8 cm³/mol. The Hall–Kier alpha value is -2.54. The van der Waals surface area contributed by atoms with E-state index in [4.69, 9.17) is 5.26 Å². The molecule has 0 spiro atoms. The number of fused-ring (bicyclic) bond motifs is 1. The Kier molecular flexibility index (Phi) is 3.90. The van der Waals surface area contributed by atoms with Crippen LogP contribution in [0.15, 0.2) is 36.0 Å². The lowest BCUT2D eigenvalue weighted by atomic mass is 10.1. The van der Waals surface area contributed by atoms with Gasteiger partial charge in [0.15, 0.2) is 0 Å². The van der Waals surface area contributed by atoms with Gasteiger partial charge in [-0.2, -0.15) is 5.26 Å². The molecule has 0 saturated carbocycles. The molecular formula is C16H17N3O. The van der Waals surface area contributed by atoms with Crippen LogP contribution in [-0.4, -0.2) is 16.5 Å². The molecule has 0 saturated heterocycles. The fraction of sp³-hybridized carbons (Fsp3) is 0.250. The van der Waals surface area contributed by atoms with Gasteiger partial charge in [0.25, 0.3) is 5.91 Å². The highest BCUT2D eigenvalue weighted by Crippen LogP contribution is 2.22. The van der Waals surface area contributed by atoms with Gasteiger partial charge in [-0.15, -0.1) is 0 Å². The summed E-state index contributed by atoms with van der Waals surface area (Å²) in [6.45, 7) is 3.73. The summed E-state index contributed by atoms with van der Waals surface area (Å²) in [5.74, 6) is -0.338. The Bertz CT molecular complexity index is 717. The maximum atomic E-state index is 11.9. The minimum absolute atomic E-state index is 0.00627. The molecule has 2 aromatic rings. The molecule has 0 radical (unpaired) electrons. The first-order valence-electron chi connectivity index (χ1n) is 6.49. The van der Waals surface area contributed by atoms with E-state index in [1.807, 2.05) is 62.0 Å². The number of benzene rings is 1. The number of hydrogen-bond donors (Lipinski definition) is 1. The highest BCUT2D eigenvalue weighted by molar-refractivity contribution is 6.04. The summed E-state index contributed by atoms with van der Waals surface area (Å²) in [7, 11) is 1.94. The molecule has 0 atom stereocenters. The molecule has 1 N–H and O–H groups in total. The molecular weight excluding hydrogens is 250 g/mol. The Morgan fingerprint density at radius 1 is 1.40 bits per heavy atom. The van der Waals surface area contributed by atoms with Crippen LogP contribution in [0.2, 0.25) is 0 Å². The molecule has 1 aromatic heterocycles. The first kappa shape index (κ1) is 13.9. The zero-order valence-corrected chi connectivity index (χ0v) is 11.8. The molecule has 102 valence electrons. The minimum Gasteiger partial charge on any atom is -0.350 e. The Morgan fingerprint density at radius 2 is 2.10 bits per heavy atom. The molecule has 0 aliphatic rings. The third-order valence-corrected chi connectivity index (χ3v) is 3.01. The van der Waals surface area contributed by atoms with Crippen molar-refractivity contribution >= 4 is 22.9 Å². The summed E-state index contributed by atoms with van der Waals surface area (Å²) in [6.07, 6.45) is 3.56. The van der Waals surface area contributed by atoms with Gasteiger partial charge in [0, 0.05) is 35.8 Å². The van der Waals surface area contributed by atoms with Gasteiger partial charge in [-0.25, -0.2) is 0 Å². The quantitative estimate of drug-likeness (QED) is 0.686. The molecule has 2 rings (SSSR count). The van der Waals surface area contributed by atoms with Crippen LogP contribution in [-0.2, 0) is 11.8 Å². The molecule has 1 amide bonds. The van der Waals surface area contributed by atoms with Gasteiger partial charge >= 0.3 is 0 Å². The van der Waals surface area contributed by atoms with Crippen LogP contribution in [0.4, 0.5) is 0 Å². The molecule has 0 unspecified atom stereocenters. The highest BCUT2D eigenvalue weighted by atomic mass is 16.1. The molecule has 4 heteroatoms. The zero-order chi connectivity index (χ0) is 14.7. The van der Waals surface area contributed by atoms with E-state index in [1.54, 1.807) is 6.08 Å². The van der Waals surface area contributed by atoms with E-state index in [0.29, 0.717) is 0 Å². The van der Waals surface area contributed by atoms with Crippen molar-refractivity contribution in [2.75, 3.05) is 0 Å². The Labute approximate surface area is 118 Å². The summed E-state index contributed by atoms with van der Waals surface area (Å²) >= 11 is 0. The van der Waals surface area contributed by atoms with E-state index in [2.05, 4.69) is 5.32 Å². The number of carbonyl (C=O) groups is 1. The first-order chi connectivity index (χ1) is 9.52. The number of carbonyl (C=O) groups excluding carboxylic acids is 1. The molecule has 20 heavy (non-hydrogen) atoms. The van der Waals surface area contributed by atoms with Crippen molar-refractivity contribution in [3.63, 3.8) is 0 Å². The topological polar surface area (TPSA) is 57.8 Å². The number of para-hydroxylation sites is 1. The Morgan fingerprint density at radius 3 is 2.75 bits per heavy atom. The van der Waals surface area contributed by atoms with Crippen LogP contribution in [0.1, 0.15) is 19.4 Å². The van der Waals surface area contributed by atoms with Crippen molar-refractivity contribution in [3.05, 3.63) is 41.6 Å². The molecule has 1 aromatic carbocycles. The standard InChI is InChI=1S/C16H17N3O/c1-11(2)18-16(20)12(9-17)8-13-10-19(3)15-7-5-4-6-14(13)15/h4-8,10-11H,1-3H3,(H,18,20)/b12-8-. The lowest BCUT2D eigenvalue weighted by Crippen LogP contribution is -2.30. The van der Waals surface area contributed by atoms with E-state index < -0.39 is 0 Å². The maximum absolute atomic E-state index is 11.9. The van der Waals surface area contributed by atoms with E-state index in [9.17, 15) is 4.79 Å². The largest absolute Gasteiger partial charge is 0.350 e. The van der Waals surface area contributed by atoms with Crippen molar-refractivity contribution in [2.45, 2.75) is 19.9 Å². The second-order valence-electron chi connectivity index (χ2n) is 5.01. The van der Waals surface area contributed by atoms with Gasteiger partial charge in [-0.05, 0) is 26.0 Å². The average Bonchev–Trinajstić information content (AvgIpc) is 2.72. The van der Waals surface area contributed by atoms with Crippen molar-refractivity contribution in [1.29, 1.82) is 5.26 Å². The van der Waals surface area contributed by atoms with Gasteiger partial charge in [-0.3, -0.25) is 4.79 Å². The van der Waals surface area contributed by atoms with Crippen LogP contribution >= 0.6 is 0 Å². The van der Waals surface area contributed by atoms with Crippen LogP contribution in [0, 0.1) is 11.3 Å². The number of aromatic nitrogens is 1. The summed E-state index contributed by atoms with van der Waals surface area (Å²) in [5.41, 5.74) is 2.06. The number of rotatable bonds is 3. The average molecular weight is 267 g/mol. The number of aryl methyl sites for hydroxylation is 1. The van der Waals surface area contributed by atoms with Gasteiger partial charge in [0.2, 0.25) is 0 Å². The van der Waals surface area contributed by atoms with Crippen LogP contribution in [0.5, 0.6) is 0 Å². The van der Waals surface area contributed by atoms with Gasteiger partial charge in [0.05, 0.1) is 0 Å². The van der Waals surface area contributed by atoms with E-state index in [1.165, 1.54) is 0 Å². The van der Waals surface area contributed by atoms with Crippen LogP contribution in [0.25, 0.3) is 17.0 Å². The summed E-state index contributed by atoms with van der Waals surface area (Å²) in [5, 5.41) is 12.9. The summed E-state index contributed by atoms with van der Waals surface area (Å²) in [4.78, 5) is 11.9. The number of hydrogen-bond acceptors (Lipinski definition) is 2. The van der Waals surface area contributed by atoms with Crippen LogP contribution < -0.4 is 5.32 Å². The fourth-order valence-electron chi connectivity index (χ4n) is 2.13. The highest BCUT2D eigenvalue weighted by Gasteiger charge is 2.12. The first-order valence-corrected chi connectivity index (χ1v) is 6.49. The van der Waals surface area contributed by atoms with Crippen molar-refractivity contribution in [3.8, 4) is 6.07 Å².